The van der Waals surface area contributed by atoms with Crippen molar-refractivity contribution in [1.82, 2.24) is 0 Å². The van der Waals surface area contributed by atoms with E-state index >= 15 is 0 Å². The van der Waals surface area contributed by atoms with Crippen LogP contribution in [0.25, 0.3) is 10.4 Å². The summed E-state index contributed by atoms with van der Waals surface area (Å²) in [5, 5.41) is 13.5. The number of rotatable bonds is 3. The number of aliphatic hydroxyl groups is 1. The average molecular weight is 247 g/mol. The fourth-order valence-corrected chi connectivity index (χ4v) is 2.07. The first kappa shape index (κ1) is 12.4. The number of carbonyl (C=O) groups is 1. The van der Waals surface area contributed by atoms with Crippen molar-refractivity contribution in [1.29, 1.82) is 0 Å². The largest absolute Gasteiger partial charge is 0.492 e. The highest BCUT2D eigenvalue weighted by molar-refractivity contribution is 6.07. The minimum absolute atomic E-state index is 0.137. The highest BCUT2D eigenvalue weighted by Gasteiger charge is 2.48. The van der Waals surface area contributed by atoms with Gasteiger partial charge in [0.25, 0.3) is 0 Å². The van der Waals surface area contributed by atoms with Crippen LogP contribution in [0.5, 0.6) is 5.75 Å². The van der Waals surface area contributed by atoms with Crippen LogP contribution in [0.1, 0.15) is 23.7 Å². The molecular formula is C12H13N3O3. The van der Waals surface area contributed by atoms with E-state index in [1.54, 1.807) is 31.2 Å². The van der Waals surface area contributed by atoms with E-state index in [0.717, 1.165) is 0 Å². The lowest BCUT2D eigenvalue weighted by molar-refractivity contribution is 0.0332. The van der Waals surface area contributed by atoms with Crippen LogP contribution in [-0.4, -0.2) is 29.1 Å². The zero-order valence-corrected chi connectivity index (χ0v) is 9.91. The minimum Gasteiger partial charge on any atom is -0.492 e. The maximum atomic E-state index is 12.4. The molecule has 6 heteroatoms. The third kappa shape index (κ3) is 1.72. The van der Waals surface area contributed by atoms with Crippen LogP contribution >= 0.6 is 0 Å². The number of ketones is 1. The first-order valence-corrected chi connectivity index (χ1v) is 5.66. The molecule has 0 aromatic heterocycles. The first-order chi connectivity index (χ1) is 8.65. The van der Waals surface area contributed by atoms with Crippen LogP contribution in [0.2, 0.25) is 0 Å². The molecule has 2 rings (SSSR count). The van der Waals surface area contributed by atoms with E-state index in [2.05, 4.69) is 10.0 Å². The Morgan fingerprint density at radius 3 is 3.00 bits per heavy atom. The Bertz CT molecular complexity index is 525. The minimum atomic E-state index is -1.56. The van der Waals surface area contributed by atoms with E-state index < -0.39 is 17.4 Å². The van der Waals surface area contributed by atoms with E-state index in [9.17, 15) is 9.90 Å². The summed E-state index contributed by atoms with van der Waals surface area (Å²) in [7, 11) is 0. The molecule has 1 heterocycles. The summed E-state index contributed by atoms with van der Waals surface area (Å²) in [4.78, 5) is 15.1. The molecule has 1 aliphatic heterocycles. The highest BCUT2D eigenvalue weighted by Crippen LogP contribution is 2.34. The van der Waals surface area contributed by atoms with E-state index in [-0.39, 0.29) is 6.61 Å². The lowest BCUT2D eigenvalue weighted by Gasteiger charge is -2.35. The summed E-state index contributed by atoms with van der Waals surface area (Å²) >= 11 is 0. The smallest absolute Gasteiger partial charge is 0.184 e. The van der Waals surface area contributed by atoms with Crippen molar-refractivity contribution >= 4 is 5.78 Å². The second-order valence-corrected chi connectivity index (χ2v) is 4.15. The fourth-order valence-electron chi connectivity index (χ4n) is 2.07. The zero-order chi connectivity index (χ0) is 13.2. The molecule has 1 aromatic carbocycles. The van der Waals surface area contributed by atoms with Gasteiger partial charge in [0.2, 0.25) is 0 Å². The van der Waals surface area contributed by atoms with Crippen molar-refractivity contribution in [2.75, 3.05) is 6.61 Å². The van der Waals surface area contributed by atoms with Crippen LogP contribution in [0, 0.1) is 0 Å². The van der Waals surface area contributed by atoms with Gasteiger partial charge in [-0.3, -0.25) is 4.79 Å². The fraction of sp³-hybridized carbons (Fsp3) is 0.417. The Labute approximate surface area is 104 Å². The summed E-state index contributed by atoms with van der Waals surface area (Å²) in [6.45, 7) is 1.58. The molecule has 0 saturated carbocycles. The number of Topliss-reactive ketones (excluding diaryl/α,β-unsaturated/α-hetero) is 1. The van der Waals surface area contributed by atoms with E-state index in [4.69, 9.17) is 10.3 Å². The number of carbonyl (C=O) groups excluding carboxylic acids is 1. The van der Waals surface area contributed by atoms with Crippen molar-refractivity contribution in [2.45, 2.75) is 25.0 Å². The summed E-state index contributed by atoms with van der Waals surface area (Å²) < 4.78 is 5.44. The second kappa shape index (κ2) is 4.68. The Morgan fingerprint density at radius 1 is 1.61 bits per heavy atom. The van der Waals surface area contributed by atoms with E-state index in [0.29, 0.717) is 17.7 Å². The van der Waals surface area contributed by atoms with Gasteiger partial charge in [0.15, 0.2) is 11.3 Å². The van der Waals surface area contributed by atoms with Gasteiger partial charge in [-0.05, 0) is 24.1 Å². The van der Waals surface area contributed by atoms with Gasteiger partial charge in [0.1, 0.15) is 12.4 Å². The molecular weight excluding hydrogens is 234 g/mol. The van der Waals surface area contributed by atoms with Gasteiger partial charge in [-0.2, -0.15) is 0 Å². The molecule has 0 radical (unpaired) electrons. The molecule has 0 bridgehead atoms. The molecule has 1 aromatic rings. The van der Waals surface area contributed by atoms with E-state index in [1.165, 1.54) is 0 Å². The Hall–Kier alpha value is -2.04. The van der Waals surface area contributed by atoms with Gasteiger partial charge >= 0.3 is 0 Å². The van der Waals surface area contributed by atoms with Gasteiger partial charge in [-0.15, -0.1) is 0 Å². The first-order valence-electron chi connectivity index (χ1n) is 5.66. The van der Waals surface area contributed by atoms with Crippen molar-refractivity contribution < 1.29 is 14.6 Å². The quantitative estimate of drug-likeness (QED) is 0.503. The van der Waals surface area contributed by atoms with Gasteiger partial charge in [0.05, 0.1) is 11.7 Å². The summed E-state index contributed by atoms with van der Waals surface area (Å²) in [6, 6.07) is 6.72. The topological polar surface area (TPSA) is 95.3 Å². The monoisotopic (exact) mass is 247 g/mol. The second-order valence-electron chi connectivity index (χ2n) is 4.15. The van der Waals surface area contributed by atoms with Crippen LogP contribution in [0.15, 0.2) is 29.4 Å². The maximum absolute atomic E-state index is 12.4. The molecule has 94 valence electrons. The summed E-state index contributed by atoms with van der Waals surface area (Å²) in [5.74, 6) is 0.0612. The predicted molar refractivity (Wildman–Crippen MR) is 64.4 cm³/mol. The third-order valence-corrected chi connectivity index (χ3v) is 3.13. The van der Waals surface area contributed by atoms with Crippen LogP contribution in [-0.2, 0) is 0 Å². The molecule has 0 amide bonds. The number of benzene rings is 1. The van der Waals surface area contributed by atoms with Crippen molar-refractivity contribution in [3.63, 3.8) is 0 Å². The maximum Gasteiger partial charge on any atom is 0.184 e. The van der Waals surface area contributed by atoms with Gasteiger partial charge < -0.3 is 9.84 Å². The van der Waals surface area contributed by atoms with Gasteiger partial charge in [-0.25, -0.2) is 0 Å². The molecule has 0 aliphatic carbocycles. The highest BCUT2D eigenvalue weighted by atomic mass is 16.5. The zero-order valence-electron chi connectivity index (χ0n) is 9.91. The Kier molecular flexibility index (Phi) is 3.23. The molecule has 0 unspecified atom stereocenters. The van der Waals surface area contributed by atoms with Crippen molar-refractivity contribution in [3.05, 3.63) is 40.3 Å². The lowest BCUT2D eigenvalue weighted by atomic mass is 9.82. The van der Waals surface area contributed by atoms with Crippen LogP contribution < -0.4 is 4.74 Å². The Morgan fingerprint density at radius 2 is 2.33 bits per heavy atom. The number of fused-ring (bicyclic) bond motifs is 1. The predicted octanol–water partition coefficient (Wildman–Crippen LogP) is 2.08. The molecule has 2 atom stereocenters. The van der Waals surface area contributed by atoms with Crippen LogP contribution in [0.4, 0.5) is 0 Å². The van der Waals surface area contributed by atoms with Gasteiger partial charge in [-0.1, -0.05) is 24.2 Å². The van der Waals surface area contributed by atoms with E-state index in [1.807, 2.05) is 0 Å². The number of para-hydroxylation sites is 1. The SMILES string of the molecule is CC[C@@H](O)[C@]1(N=[N+]=[N-])COc2ccccc2C1=O. The van der Waals surface area contributed by atoms with Crippen LogP contribution in [0.3, 0.4) is 0 Å². The lowest BCUT2D eigenvalue weighted by Crippen LogP contribution is -2.54. The molecule has 1 N–H and O–H groups in total. The van der Waals surface area contributed by atoms with Gasteiger partial charge in [0, 0.05) is 4.91 Å². The number of ether oxygens (including phenoxy) is 1. The standard InChI is InChI=1S/C12H13N3O3/c1-2-10(16)12(14-15-13)7-18-9-6-4-3-5-8(9)11(12)17/h3-6,10,16H,2,7H2,1H3/t10-,12-/m1/s1. The normalized spacial score (nSPS) is 23.6. The molecule has 0 spiro atoms. The average Bonchev–Trinajstić information content (AvgIpc) is 2.41. The number of hydrogen-bond acceptors (Lipinski definition) is 4. The molecule has 0 fully saturated rings. The number of nitrogens with zero attached hydrogens (tertiary/aromatic N) is 3. The van der Waals surface area contributed by atoms with Crippen molar-refractivity contribution in [2.24, 2.45) is 5.11 Å². The molecule has 0 saturated heterocycles. The summed E-state index contributed by atoms with van der Waals surface area (Å²) in [5.41, 5.74) is 7.41. The summed E-state index contributed by atoms with van der Waals surface area (Å²) in [6.07, 6.45) is -0.759. The molecule has 6 nitrogen and oxygen atoms in total. The molecule has 18 heavy (non-hydrogen) atoms. The molecule has 1 aliphatic rings. The third-order valence-electron chi connectivity index (χ3n) is 3.13. The number of azide groups is 1. The Balaban J connectivity index is 2.53. The number of hydrogen-bond donors (Lipinski definition) is 1. The van der Waals surface area contributed by atoms with Crippen molar-refractivity contribution in [3.8, 4) is 5.75 Å². The number of aliphatic hydroxyl groups excluding tert-OH is 1.